The molecule has 1 amide bonds. The SMILES string of the molecule is CN(C)CCCN1C(=O)C(=O)/C(=C(\O)c2ccc(Cl)cc2)C1c1ccccn1. The summed E-state index contributed by atoms with van der Waals surface area (Å²) >= 11 is 5.92. The monoisotopic (exact) mass is 399 g/mol. The van der Waals surface area contributed by atoms with E-state index in [4.69, 9.17) is 11.6 Å². The second-order valence-electron chi connectivity index (χ2n) is 6.91. The van der Waals surface area contributed by atoms with Crippen molar-refractivity contribution < 1.29 is 14.7 Å². The number of hydrogen-bond acceptors (Lipinski definition) is 5. The molecule has 3 rings (SSSR count). The van der Waals surface area contributed by atoms with Crippen molar-refractivity contribution in [1.82, 2.24) is 14.8 Å². The quantitative estimate of drug-likeness (QED) is 0.459. The van der Waals surface area contributed by atoms with Crippen LogP contribution in [0, 0.1) is 0 Å². The molecule has 1 atom stereocenters. The molecule has 1 aromatic heterocycles. The molecule has 146 valence electrons. The molecule has 0 spiro atoms. The van der Waals surface area contributed by atoms with Crippen LogP contribution >= 0.6 is 11.6 Å². The second kappa shape index (κ2) is 8.54. The summed E-state index contributed by atoms with van der Waals surface area (Å²) in [5, 5.41) is 11.4. The van der Waals surface area contributed by atoms with Crippen molar-refractivity contribution in [3.63, 3.8) is 0 Å². The lowest BCUT2D eigenvalue weighted by atomic mass is 9.98. The van der Waals surface area contributed by atoms with Gasteiger partial charge in [-0.2, -0.15) is 0 Å². The molecule has 1 aliphatic rings. The third kappa shape index (κ3) is 4.08. The van der Waals surface area contributed by atoms with Crippen LogP contribution in [0.4, 0.5) is 0 Å². The summed E-state index contributed by atoms with van der Waals surface area (Å²) < 4.78 is 0. The van der Waals surface area contributed by atoms with Gasteiger partial charge in [0.05, 0.1) is 11.3 Å². The number of halogens is 1. The van der Waals surface area contributed by atoms with Gasteiger partial charge in [0, 0.05) is 23.3 Å². The first-order chi connectivity index (χ1) is 13.4. The predicted octanol–water partition coefficient (Wildman–Crippen LogP) is 3.11. The largest absolute Gasteiger partial charge is 0.507 e. The van der Waals surface area contributed by atoms with E-state index in [2.05, 4.69) is 4.98 Å². The molecule has 1 saturated heterocycles. The van der Waals surface area contributed by atoms with Crippen LogP contribution in [-0.2, 0) is 9.59 Å². The summed E-state index contributed by atoms with van der Waals surface area (Å²) in [5.41, 5.74) is 1.02. The molecular formula is C21H22ClN3O3. The number of nitrogens with zero attached hydrogens (tertiary/aromatic N) is 3. The van der Waals surface area contributed by atoms with Gasteiger partial charge in [0.25, 0.3) is 11.7 Å². The van der Waals surface area contributed by atoms with Gasteiger partial charge in [-0.3, -0.25) is 14.6 Å². The van der Waals surface area contributed by atoms with Crippen LogP contribution < -0.4 is 0 Å². The van der Waals surface area contributed by atoms with Gasteiger partial charge in [0.1, 0.15) is 11.8 Å². The van der Waals surface area contributed by atoms with Gasteiger partial charge in [-0.25, -0.2) is 0 Å². The Balaban J connectivity index is 2.06. The summed E-state index contributed by atoms with van der Waals surface area (Å²) in [6, 6.07) is 11.1. The summed E-state index contributed by atoms with van der Waals surface area (Å²) in [4.78, 5) is 33.4. The third-order valence-corrected chi connectivity index (χ3v) is 4.88. The van der Waals surface area contributed by atoms with Crippen LogP contribution in [-0.4, -0.2) is 58.8 Å². The molecule has 1 aromatic carbocycles. The van der Waals surface area contributed by atoms with Crippen LogP contribution in [0.5, 0.6) is 0 Å². The highest BCUT2D eigenvalue weighted by molar-refractivity contribution is 6.46. The first kappa shape index (κ1) is 20.0. The molecular weight excluding hydrogens is 378 g/mol. The van der Waals surface area contributed by atoms with Gasteiger partial charge in [0.2, 0.25) is 0 Å². The van der Waals surface area contributed by atoms with Crippen LogP contribution in [0.3, 0.4) is 0 Å². The summed E-state index contributed by atoms with van der Waals surface area (Å²) in [5.74, 6) is -1.54. The van der Waals surface area contributed by atoms with Crippen molar-refractivity contribution in [3.8, 4) is 0 Å². The zero-order chi connectivity index (χ0) is 20.3. The zero-order valence-corrected chi connectivity index (χ0v) is 16.6. The summed E-state index contributed by atoms with van der Waals surface area (Å²) in [6.45, 7) is 1.16. The Morgan fingerprint density at radius 3 is 2.50 bits per heavy atom. The molecule has 2 aromatic rings. The number of aliphatic hydroxyl groups excluding tert-OH is 1. The van der Waals surface area contributed by atoms with Gasteiger partial charge >= 0.3 is 0 Å². The van der Waals surface area contributed by atoms with E-state index in [1.54, 1.807) is 48.7 Å². The molecule has 2 heterocycles. The first-order valence-corrected chi connectivity index (χ1v) is 9.38. The van der Waals surface area contributed by atoms with Gasteiger partial charge in [0.15, 0.2) is 0 Å². The Labute approximate surface area is 169 Å². The normalized spacial score (nSPS) is 18.9. The number of aromatic nitrogens is 1. The van der Waals surface area contributed by atoms with Gasteiger partial charge < -0.3 is 14.9 Å². The fourth-order valence-corrected chi connectivity index (χ4v) is 3.40. The Morgan fingerprint density at radius 1 is 1.18 bits per heavy atom. The maximum Gasteiger partial charge on any atom is 0.295 e. The highest BCUT2D eigenvalue weighted by Gasteiger charge is 2.46. The minimum Gasteiger partial charge on any atom is -0.507 e. The average Bonchev–Trinajstić information content (AvgIpc) is 2.93. The molecule has 0 saturated carbocycles. The molecule has 0 aliphatic carbocycles. The smallest absolute Gasteiger partial charge is 0.295 e. The van der Waals surface area contributed by atoms with Crippen molar-refractivity contribution in [3.05, 3.63) is 70.5 Å². The highest BCUT2D eigenvalue weighted by atomic mass is 35.5. The Kier molecular flexibility index (Phi) is 6.11. The Hall–Kier alpha value is -2.70. The lowest BCUT2D eigenvalue weighted by Crippen LogP contribution is -2.32. The summed E-state index contributed by atoms with van der Waals surface area (Å²) in [6.07, 6.45) is 2.31. The number of aliphatic hydroxyl groups is 1. The number of hydrogen-bond donors (Lipinski definition) is 1. The van der Waals surface area contributed by atoms with Crippen LogP contribution in [0.2, 0.25) is 5.02 Å². The lowest BCUT2D eigenvalue weighted by Gasteiger charge is -2.25. The van der Waals surface area contributed by atoms with E-state index in [-0.39, 0.29) is 11.3 Å². The van der Waals surface area contributed by atoms with Crippen molar-refractivity contribution in [2.75, 3.05) is 27.2 Å². The molecule has 7 heteroatoms. The first-order valence-electron chi connectivity index (χ1n) is 9.00. The fraction of sp³-hybridized carbons (Fsp3) is 0.286. The topological polar surface area (TPSA) is 73.7 Å². The molecule has 28 heavy (non-hydrogen) atoms. The fourth-order valence-electron chi connectivity index (χ4n) is 3.28. The van der Waals surface area contributed by atoms with Crippen molar-refractivity contribution in [2.45, 2.75) is 12.5 Å². The molecule has 0 bridgehead atoms. The predicted molar refractivity (Wildman–Crippen MR) is 108 cm³/mol. The van der Waals surface area contributed by atoms with Gasteiger partial charge in [-0.15, -0.1) is 0 Å². The van der Waals surface area contributed by atoms with Gasteiger partial charge in [-0.05, 0) is 63.5 Å². The molecule has 1 N–H and O–H groups in total. The number of carbonyl (C=O) groups excluding carboxylic acids is 2. The number of rotatable bonds is 6. The lowest BCUT2D eigenvalue weighted by molar-refractivity contribution is -0.140. The number of Topliss-reactive ketones (excluding diaryl/α,β-unsaturated/α-hetero) is 1. The van der Waals surface area contributed by atoms with Crippen LogP contribution in [0.1, 0.15) is 23.7 Å². The third-order valence-electron chi connectivity index (χ3n) is 4.63. The minimum atomic E-state index is -0.723. The molecule has 1 fully saturated rings. The zero-order valence-electron chi connectivity index (χ0n) is 15.8. The number of pyridine rings is 1. The average molecular weight is 400 g/mol. The second-order valence-corrected chi connectivity index (χ2v) is 7.35. The van der Waals surface area contributed by atoms with Crippen molar-refractivity contribution in [2.24, 2.45) is 0 Å². The summed E-state index contributed by atoms with van der Waals surface area (Å²) in [7, 11) is 3.90. The number of amides is 1. The van der Waals surface area contributed by atoms with Crippen LogP contribution in [0.25, 0.3) is 5.76 Å². The van der Waals surface area contributed by atoms with E-state index >= 15 is 0 Å². The number of benzene rings is 1. The molecule has 6 nitrogen and oxygen atoms in total. The molecule has 0 radical (unpaired) electrons. The van der Waals surface area contributed by atoms with Crippen molar-refractivity contribution >= 4 is 29.1 Å². The van der Waals surface area contributed by atoms with E-state index in [1.807, 2.05) is 19.0 Å². The standard InChI is InChI=1S/C21H22ClN3O3/c1-24(2)12-5-13-25-18(16-6-3-4-11-23-16)17(20(27)21(25)28)19(26)14-7-9-15(22)10-8-14/h3-4,6-11,18,26H,5,12-13H2,1-2H3/b19-17-. The van der Waals surface area contributed by atoms with E-state index in [0.717, 1.165) is 6.54 Å². The number of ketones is 1. The highest BCUT2D eigenvalue weighted by Crippen LogP contribution is 2.38. The number of carbonyl (C=O) groups is 2. The maximum atomic E-state index is 12.8. The van der Waals surface area contributed by atoms with E-state index in [0.29, 0.717) is 29.2 Å². The van der Waals surface area contributed by atoms with E-state index in [1.165, 1.54) is 4.90 Å². The van der Waals surface area contributed by atoms with E-state index < -0.39 is 17.7 Å². The Morgan fingerprint density at radius 2 is 1.89 bits per heavy atom. The molecule has 1 aliphatic heterocycles. The Bertz CT molecular complexity index is 895. The van der Waals surface area contributed by atoms with E-state index in [9.17, 15) is 14.7 Å². The van der Waals surface area contributed by atoms with Gasteiger partial charge in [-0.1, -0.05) is 17.7 Å². The minimum absolute atomic E-state index is 0.0517. The molecule has 1 unspecified atom stereocenters. The number of likely N-dealkylation sites (tertiary alicyclic amines) is 1. The van der Waals surface area contributed by atoms with Crippen LogP contribution in [0.15, 0.2) is 54.2 Å². The maximum absolute atomic E-state index is 12.8. The van der Waals surface area contributed by atoms with Crippen molar-refractivity contribution in [1.29, 1.82) is 0 Å².